The molecule has 2 rings (SSSR count). The highest BCUT2D eigenvalue weighted by atomic mass is 35.5. The van der Waals surface area contributed by atoms with Gasteiger partial charge in [0, 0.05) is 6.20 Å². The SMILES string of the molecule is NC1(COc2ncc(C(F)(F)F)cc2Cl)CCCCC1. The second-order valence-corrected chi connectivity index (χ2v) is 5.63. The molecule has 1 aromatic rings. The average Bonchev–Trinajstić information content (AvgIpc) is 2.37. The first-order chi connectivity index (χ1) is 9.30. The van der Waals surface area contributed by atoms with Crippen molar-refractivity contribution in [3.05, 3.63) is 22.8 Å². The zero-order valence-corrected chi connectivity index (χ0v) is 11.6. The molecule has 1 saturated carbocycles. The summed E-state index contributed by atoms with van der Waals surface area (Å²) in [6.45, 7) is 0.213. The standard InChI is InChI=1S/C13H16ClF3N2O/c14-10-6-9(13(15,16)17)7-19-11(10)20-8-12(18)4-2-1-3-5-12/h6-7H,1-5,8,18H2. The molecule has 0 aliphatic heterocycles. The van der Waals surface area contributed by atoms with Crippen LogP contribution >= 0.6 is 11.6 Å². The van der Waals surface area contributed by atoms with E-state index < -0.39 is 17.3 Å². The number of hydrogen-bond acceptors (Lipinski definition) is 3. The molecule has 0 radical (unpaired) electrons. The fourth-order valence-electron chi connectivity index (χ4n) is 2.30. The van der Waals surface area contributed by atoms with Gasteiger partial charge < -0.3 is 10.5 Å². The lowest BCUT2D eigenvalue weighted by atomic mass is 9.83. The normalized spacial score (nSPS) is 18.9. The Balaban J connectivity index is 2.03. The average molecular weight is 309 g/mol. The van der Waals surface area contributed by atoms with Gasteiger partial charge in [0.05, 0.1) is 11.1 Å². The molecule has 7 heteroatoms. The van der Waals surface area contributed by atoms with E-state index in [1.807, 2.05) is 0 Å². The molecule has 3 nitrogen and oxygen atoms in total. The van der Waals surface area contributed by atoms with Gasteiger partial charge in [0.1, 0.15) is 11.6 Å². The number of nitrogens with two attached hydrogens (primary N) is 1. The van der Waals surface area contributed by atoms with Crippen molar-refractivity contribution in [3.8, 4) is 5.88 Å². The van der Waals surface area contributed by atoms with Crippen LogP contribution in [0.15, 0.2) is 12.3 Å². The first-order valence-corrected chi connectivity index (χ1v) is 6.82. The van der Waals surface area contributed by atoms with Gasteiger partial charge in [0.15, 0.2) is 0 Å². The van der Waals surface area contributed by atoms with Crippen molar-refractivity contribution in [2.75, 3.05) is 6.61 Å². The van der Waals surface area contributed by atoms with Gasteiger partial charge in [0.2, 0.25) is 5.88 Å². The molecule has 0 bridgehead atoms. The molecular weight excluding hydrogens is 293 g/mol. The summed E-state index contributed by atoms with van der Waals surface area (Å²) < 4.78 is 42.8. The largest absolute Gasteiger partial charge is 0.475 e. The van der Waals surface area contributed by atoms with Gasteiger partial charge in [0.25, 0.3) is 0 Å². The first-order valence-electron chi connectivity index (χ1n) is 6.45. The third kappa shape index (κ3) is 3.76. The predicted molar refractivity (Wildman–Crippen MR) is 69.7 cm³/mol. The summed E-state index contributed by atoms with van der Waals surface area (Å²) in [5, 5.41) is -0.153. The number of ether oxygens (including phenoxy) is 1. The molecule has 20 heavy (non-hydrogen) atoms. The number of nitrogens with zero attached hydrogens (tertiary/aromatic N) is 1. The topological polar surface area (TPSA) is 48.1 Å². The van der Waals surface area contributed by atoms with Gasteiger partial charge in [-0.25, -0.2) is 4.98 Å². The molecule has 0 saturated heterocycles. The number of alkyl halides is 3. The fourth-order valence-corrected chi connectivity index (χ4v) is 2.52. The molecule has 1 fully saturated rings. The lowest BCUT2D eigenvalue weighted by Gasteiger charge is -2.32. The van der Waals surface area contributed by atoms with Gasteiger partial charge in [-0.3, -0.25) is 0 Å². The highest BCUT2D eigenvalue weighted by Gasteiger charge is 2.32. The molecule has 1 aliphatic rings. The second-order valence-electron chi connectivity index (χ2n) is 5.22. The number of rotatable bonds is 3. The Morgan fingerprint density at radius 3 is 2.50 bits per heavy atom. The van der Waals surface area contributed by atoms with Crippen LogP contribution in [0.1, 0.15) is 37.7 Å². The smallest absolute Gasteiger partial charge is 0.417 e. The van der Waals surface area contributed by atoms with E-state index in [-0.39, 0.29) is 17.5 Å². The Hall–Kier alpha value is -1.01. The van der Waals surface area contributed by atoms with Crippen LogP contribution in [0, 0.1) is 0 Å². The van der Waals surface area contributed by atoms with Crippen LogP contribution in [0.25, 0.3) is 0 Å². The van der Waals surface area contributed by atoms with E-state index in [9.17, 15) is 13.2 Å². The Morgan fingerprint density at radius 2 is 1.95 bits per heavy atom. The van der Waals surface area contributed by atoms with Gasteiger partial charge in [-0.15, -0.1) is 0 Å². The molecule has 1 heterocycles. The van der Waals surface area contributed by atoms with E-state index >= 15 is 0 Å². The Morgan fingerprint density at radius 1 is 1.30 bits per heavy atom. The third-order valence-corrected chi connectivity index (χ3v) is 3.75. The minimum atomic E-state index is -4.46. The maximum absolute atomic E-state index is 12.5. The van der Waals surface area contributed by atoms with Crippen molar-refractivity contribution in [1.82, 2.24) is 4.98 Å². The molecule has 0 atom stereocenters. The molecule has 2 N–H and O–H groups in total. The zero-order chi connectivity index (χ0) is 14.8. The second kappa shape index (κ2) is 5.77. The summed E-state index contributed by atoms with van der Waals surface area (Å²) in [7, 11) is 0. The van der Waals surface area contributed by atoms with E-state index in [2.05, 4.69) is 4.98 Å². The van der Waals surface area contributed by atoms with E-state index in [1.54, 1.807) is 0 Å². The zero-order valence-electron chi connectivity index (χ0n) is 10.8. The molecule has 112 valence electrons. The Kier molecular flexibility index (Phi) is 4.44. The van der Waals surface area contributed by atoms with Crippen molar-refractivity contribution >= 4 is 11.6 Å². The summed E-state index contributed by atoms with van der Waals surface area (Å²) >= 11 is 5.77. The minimum absolute atomic E-state index is 0.00457. The molecule has 0 unspecified atom stereocenters. The van der Waals surface area contributed by atoms with Crippen LogP contribution in [0.4, 0.5) is 13.2 Å². The van der Waals surface area contributed by atoms with Crippen molar-refractivity contribution in [3.63, 3.8) is 0 Å². The molecular formula is C13H16ClF3N2O. The van der Waals surface area contributed by atoms with Crippen LogP contribution in [-0.2, 0) is 6.18 Å². The number of pyridine rings is 1. The Bertz CT molecular complexity index is 473. The monoisotopic (exact) mass is 308 g/mol. The van der Waals surface area contributed by atoms with Crippen molar-refractivity contribution in [2.24, 2.45) is 5.73 Å². The van der Waals surface area contributed by atoms with Crippen LogP contribution in [0.2, 0.25) is 5.02 Å². The summed E-state index contributed by atoms with van der Waals surface area (Å²) in [6.07, 6.45) is 1.15. The minimum Gasteiger partial charge on any atom is -0.475 e. The molecule has 1 aliphatic carbocycles. The van der Waals surface area contributed by atoms with Crippen molar-refractivity contribution in [1.29, 1.82) is 0 Å². The summed E-state index contributed by atoms with van der Waals surface area (Å²) in [6, 6.07) is 0.813. The lowest BCUT2D eigenvalue weighted by Crippen LogP contribution is -2.47. The molecule has 0 aromatic carbocycles. The maximum Gasteiger partial charge on any atom is 0.417 e. The highest BCUT2D eigenvalue weighted by molar-refractivity contribution is 6.31. The number of hydrogen-bond donors (Lipinski definition) is 1. The van der Waals surface area contributed by atoms with E-state index in [0.717, 1.165) is 38.2 Å². The van der Waals surface area contributed by atoms with E-state index in [0.29, 0.717) is 6.20 Å². The summed E-state index contributed by atoms with van der Waals surface area (Å²) in [5.74, 6) is -0.00457. The van der Waals surface area contributed by atoms with Gasteiger partial charge in [-0.05, 0) is 18.9 Å². The first kappa shape index (κ1) is 15.4. The summed E-state index contributed by atoms with van der Waals surface area (Å²) in [4.78, 5) is 3.63. The maximum atomic E-state index is 12.5. The molecule has 0 spiro atoms. The van der Waals surface area contributed by atoms with E-state index in [1.165, 1.54) is 0 Å². The van der Waals surface area contributed by atoms with Gasteiger partial charge >= 0.3 is 6.18 Å². The van der Waals surface area contributed by atoms with Crippen LogP contribution < -0.4 is 10.5 Å². The number of halogens is 4. The lowest BCUT2D eigenvalue weighted by molar-refractivity contribution is -0.137. The van der Waals surface area contributed by atoms with Crippen molar-refractivity contribution < 1.29 is 17.9 Å². The predicted octanol–water partition coefficient (Wildman–Crippen LogP) is 3.79. The number of aromatic nitrogens is 1. The van der Waals surface area contributed by atoms with Crippen LogP contribution in [0.3, 0.4) is 0 Å². The highest BCUT2D eigenvalue weighted by Crippen LogP contribution is 2.34. The van der Waals surface area contributed by atoms with Crippen LogP contribution in [-0.4, -0.2) is 17.1 Å². The Labute approximate surface area is 120 Å². The fraction of sp³-hybridized carbons (Fsp3) is 0.615. The molecule has 0 amide bonds. The third-order valence-electron chi connectivity index (χ3n) is 3.48. The van der Waals surface area contributed by atoms with Gasteiger partial charge in [-0.2, -0.15) is 13.2 Å². The van der Waals surface area contributed by atoms with E-state index in [4.69, 9.17) is 22.1 Å². The quantitative estimate of drug-likeness (QED) is 0.924. The van der Waals surface area contributed by atoms with Crippen LogP contribution in [0.5, 0.6) is 5.88 Å². The van der Waals surface area contributed by atoms with Crippen molar-refractivity contribution in [2.45, 2.75) is 43.8 Å². The van der Waals surface area contributed by atoms with Gasteiger partial charge in [-0.1, -0.05) is 30.9 Å². The summed E-state index contributed by atoms with van der Waals surface area (Å²) in [5.41, 5.74) is 4.85. The molecule has 1 aromatic heterocycles.